The average molecular weight is 293 g/mol. The van der Waals surface area contributed by atoms with Gasteiger partial charge in [0.15, 0.2) is 0 Å². The van der Waals surface area contributed by atoms with Gasteiger partial charge in [-0.1, -0.05) is 39.0 Å². The fourth-order valence-corrected chi connectivity index (χ4v) is 2.18. The van der Waals surface area contributed by atoms with E-state index in [1.165, 1.54) is 11.3 Å². The Morgan fingerprint density at radius 1 is 1.33 bits per heavy atom. The fourth-order valence-electron chi connectivity index (χ4n) is 1.23. The minimum atomic E-state index is -0.507. The minimum absolute atomic E-state index is 0. The van der Waals surface area contributed by atoms with E-state index in [1.807, 2.05) is 13.8 Å². The highest BCUT2D eigenvalue weighted by atomic mass is 35.5. The predicted octanol–water partition coefficient (Wildman–Crippen LogP) is 2.08. The second-order valence-corrected chi connectivity index (χ2v) is 5.92. The number of rotatable bonds is 5. The van der Waals surface area contributed by atoms with E-state index >= 15 is 0 Å². The molecule has 0 fully saturated rings. The monoisotopic (exact) mass is 292 g/mol. The first kappa shape index (κ1) is 17.3. The molecule has 1 aromatic rings. The summed E-state index contributed by atoms with van der Waals surface area (Å²) < 4.78 is 0. The molecule has 1 aromatic heterocycles. The van der Waals surface area contributed by atoms with Crippen LogP contribution in [0.2, 0.25) is 0 Å². The van der Waals surface area contributed by atoms with Gasteiger partial charge < -0.3 is 5.73 Å². The second-order valence-electron chi connectivity index (χ2n) is 4.86. The number of nitrogens with one attached hydrogen (secondary N) is 1. The maximum Gasteiger partial charge on any atom is 0.243 e. The van der Waals surface area contributed by atoms with Crippen molar-refractivity contribution in [3.05, 3.63) is 5.01 Å². The van der Waals surface area contributed by atoms with E-state index in [4.69, 9.17) is 5.73 Å². The fraction of sp³-hybridized carbons (Fsp3) is 0.727. The highest BCUT2D eigenvalue weighted by Crippen LogP contribution is 2.18. The molecule has 5 nitrogen and oxygen atoms in total. The number of hydrogen-bond donors (Lipinski definition) is 2. The van der Waals surface area contributed by atoms with Crippen molar-refractivity contribution in [3.63, 3.8) is 0 Å². The molecule has 18 heavy (non-hydrogen) atoms. The van der Waals surface area contributed by atoms with Crippen LogP contribution in [0.1, 0.15) is 32.7 Å². The number of halogens is 1. The van der Waals surface area contributed by atoms with Crippen LogP contribution in [0.5, 0.6) is 0 Å². The van der Waals surface area contributed by atoms with E-state index in [0.29, 0.717) is 11.0 Å². The SMILES string of the molecule is CC(C)Cc1nnc(NC(=O)[C@@H](N)C(C)C)s1.Cl. The molecule has 0 spiro atoms. The molecule has 1 heterocycles. The maximum atomic E-state index is 11.7. The van der Waals surface area contributed by atoms with Gasteiger partial charge in [-0.15, -0.1) is 22.6 Å². The lowest BCUT2D eigenvalue weighted by Gasteiger charge is -2.13. The zero-order valence-electron chi connectivity index (χ0n) is 11.1. The molecular weight excluding hydrogens is 272 g/mol. The van der Waals surface area contributed by atoms with Crippen LogP contribution in [-0.2, 0) is 11.2 Å². The van der Waals surface area contributed by atoms with Crippen LogP contribution >= 0.6 is 23.7 Å². The van der Waals surface area contributed by atoms with Gasteiger partial charge in [0, 0.05) is 6.42 Å². The standard InChI is InChI=1S/C11H20N4OS.ClH/c1-6(2)5-8-14-15-11(17-8)13-10(16)9(12)7(3)4;/h6-7,9H,5,12H2,1-4H3,(H,13,15,16);1H/t9-;/m0./s1. The Morgan fingerprint density at radius 2 is 1.94 bits per heavy atom. The van der Waals surface area contributed by atoms with Gasteiger partial charge in [-0.2, -0.15) is 0 Å². The number of carbonyl (C=O) groups excluding carboxylic acids is 1. The van der Waals surface area contributed by atoms with Crippen molar-refractivity contribution in [1.82, 2.24) is 10.2 Å². The second kappa shape index (κ2) is 7.66. The summed E-state index contributed by atoms with van der Waals surface area (Å²) in [6.45, 7) is 8.06. The Balaban J connectivity index is 0.00000289. The summed E-state index contributed by atoms with van der Waals surface area (Å²) in [6, 6.07) is -0.507. The lowest BCUT2D eigenvalue weighted by molar-refractivity contribution is -0.118. The molecule has 0 bridgehead atoms. The number of carbonyl (C=O) groups is 1. The Hall–Kier alpha value is -0.720. The zero-order valence-corrected chi connectivity index (χ0v) is 12.8. The Bertz CT molecular complexity index is 381. The topological polar surface area (TPSA) is 80.9 Å². The highest BCUT2D eigenvalue weighted by molar-refractivity contribution is 7.15. The van der Waals surface area contributed by atoms with Crippen molar-refractivity contribution in [2.45, 2.75) is 40.2 Å². The number of hydrogen-bond acceptors (Lipinski definition) is 5. The summed E-state index contributed by atoms with van der Waals surface area (Å²) in [6.07, 6.45) is 0.879. The normalized spacial score (nSPS) is 12.4. The van der Waals surface area contributed by atoms with E-state index in [-0.39, 0.29) is 24.2 Å². The number of nitrogens with zero attached hydrogens (tertiary/aromatic N) is 2. The molecule has 0 aliphatic heterocycles. The van der Waals surface area contributed by atoms with Crippen LogP contribution in [0.15, 0.2) is 0 Å². The first-order valence-electron chi connectivity index (χ1n) is 5.79. The van der Waals surface area contributed by atoms with Gasteiger partial charge >= 0.3 is 0 Å². The Morgan fingerprint density at radius 3 is 2.44 bits per heavy atom. The lowest BCUT2D eigenvalue weighted by Crippen LogP contribution is -2.39. The van der Waals surface area contributed by atoms with E-state index < -0.39 is 6.04 Å². The lowest BCUT2D eigenvalue weighted by atomic mass is 10.1. The largest absolute Gasteiger partial charge is 0.320 e. The summed E-state index contributed by atoms with van der Waals surface area (Å²) in [5, 5.41) is 12.1. The molecule has 0 radical (unpaired) electrons. The van der Waals surface area contributed by atoms with E-state index in [0.717, 1.165) is 11.4 Å². The third-order valence-corrected chi connectivity index (χ3v) is 3.16. The molecular formula is C11H21ClN4OS. The third kappa shape index (κ3) is 5.29. The average Bonchev–Trinajstić information content (AvgIpc) is 2.63. The Labute approximate surface area is 118 Å². The Kier molecular flexibility index (Phi) is 7.35. The summed E-state index contributed by atoms with van der Waals surface area (Å²) >= 11 is 1.41. The van der Waals surface area contributed by atoms with Crippen molar-refractivity contribution in [3.8, 4) is 0 Å². The maximum absolute atomic E-state index is 11.7. The van der Waals surface area contributed by atoms with Crippen molar-refractivity contribution >= 4 is 34.8 Å². The van der Waals surface area contributed by atoms with Gasteiger partial charge in [-0.05, 0) is 11.8 Å². The van der Waals surface area contributed by atoms with Gasteiger partial charge in [-0.3, -0.25) is 10.1 Å². The predicted molar refractivity (Wildman–Crippen MR) is 77.1 cm³/mol. The molecule has 0 aliphatic rings. The minimum Gasteiger partial charge on any atom is -0.320 e. The smallest absolute Gasteiger partial charge is 0.243 e. The van der Waals surface area contributed by atoms with Crippen LogP contribution in [0.4, 0.5) is 5.13 Å². The molecule has 0 aromatic carbocycles. The highest BCUT2D eigenvalue weighted by Gasteiger charge is 2.18. The van der Waals surface area contributed by atoms with Crippen molar-refractivity contribution in [1.29, 1.82) is 0 Å². The van der Waals surface area contributed by atoms with E-state index in [9.17, 15) is 4.79 Å². The van der Waals surface area contributed by atoms with Crippen molar-refractivity contribution < 1.29 is 4.79 Å². The van der Waals surface area contributed by atoms with Crippen LogP contribution in [-0.4, -0.2) is 22.1 Å². The quantitative estimate of drug-likeness (QED) is 0.870. The van der Waals surface area contributed by atoms with E-state index in [1.54, 1.807) is 0 Å². The summed E-state index contributed by atoms with van der Waals surface area (Å²) in [5.74, 6) is 0.440. The summed E-state index contributed by atoms with van der Waals surface area (Å²) in [4.78, 5) is 11.7. The molecule has 0 aliphatic carbocycles. The summed E-state index contributed by atoms with van der Waals surface area (Å²) in [5.41, 5.74) is 5.74. The molecule has 1 amide bonds. The third-order valence-electron chi connectivity index (χ3n) is 2.30. The van der Waals surface area contributed by atoms with Gasteiger partial charge in [0.25, 0.3) is 0 Å². The van der Waals surface area contributed by atoms with Gasteiger partial charge in [0.05, 0.1) is 6.04 Å². The number of nitrogens with two attached hydrogens (primary N) is 1. The first-order chi connectivity index (χ1) is 7.90. The molecule has 1 rings (SSSR count). The van der Waals surface area contributed by atoms with E-state index in [2.05, 4.69) is 29.4 Å². The van der Waals surface area contributed by atoms with Crippen molar-refractivity contribution in [2.75, 3.05) is 5.32 Å². The van der Waals surface area contributed by atoms with Gasteiger partial charge in [0.2, 0.25) is 11.0 Å². The van der Waals surface area contributed by atoms with Crippen molar-refractivity contribution in [2.24, 2.45) is 17.6 Å². The van der Waals surface area contributed by atoms with Crippen LogP contribution in [0, 0.1) is 11.8 Å². The molecule has 7 heteroatoms. The molecule has 0 saturated heterocycles. The molecule has 1 atom stereocenters. The first-order valence-corrected chi connectivity index (χ1v) is 6.60. The molecule has 0 saturated carbocycles. The van der Waals surface area contributed by atoms with Crippen LogP contribution in [0.25, 0.3) is 0 Å². The summed E-state index contributed by atoms with van der Waals surface area (Å²) in [7, 11) is 0. The van der Waals surface area contributed by atoms with Gasteiger partial charge in [-0.25, -0.2) is 0 Å². The number of anilines is 1. The number of aromatic nitrogens is 2. The van der Waals surface area contributed by atoms with Gasteiger partial charge in [0.1, 0.15) is 5.01 Å². The van der Waals surface area contributed by atoms with Crippen LogP contribution < -0.4 is 11.1 Å². The zero-order chi connectivity index (χ0) is 13.0. The number of amides is 1. The molecule has 104 valence electrons. The van der Waals surface area contributed by atoms with Crippen LogP contribution in [0.3, 0.4) is 0 Å². The molecule has 0 unspecified atom stereocenters. The molecule has 3 N–H and O–H groups in total.